The van der Waals surface area contributed by atoms with E-state index in [9.17, 15) is 0 Å². The summed E-state index contributed by atoms with van der Waals surface area (Å²) < 4.78 is 2.09. The Labute approximate surface area is 108 Å². The van der Waals surface area contributed by atoms with Crippen LogP contribution in [-0.2, 0) is 0 Å². The monoisotopic (exact) mass is 242 g/mol. The summed E-state index contributed by atoms with van der Waals surface area (Å²) in [6.07, 6.45) is 15.7. The van der Waals surface area contributed by atoms with E-state index >= 15 is 0 Å². The largest absolute Gasteiger partial charge is 0.386 e. The highest BCUT2D eigenvalue weighted by atomic mass is 16.3. The van der Waals surface area contributed by atoms with Crippen molar-refractivity contribution in [3.63, 3.8) is 0 Å². The van der Waals surface area contributed by atoms with E-state index in [4.69, 9.17) is 5.11 Å². The minimum Gasteiger partial charge on any atom is -0.386 e. The number of hydrogen-bond acceptors (Lipinski definition) is 1. The normalized spacial score (nSPS) is 12.1. The number of nitrogens with zero attached hydrogens (tertiary/aromatic N) is 1. The molecule has 2 nitrogen and oxygen atoms in total. The van der Waals surface area contributed by atoms with E-state index in [1.807, 2.05) is 13.3 Å². The first kappa shape index (κ1) is 16.6. The Bertz CT molecular complexity index is 178. The second kappa shape index (κ2) is 13.7. The maximum atomic E-state index is 8.70. The number of aliphatic hydroxyl groups is 1. The number of rotatable bonds is 12. The molecule has 0 spiro atoms. The Morgan fingerprint density at radius 3 is 1.76 bits per heavy atom. The Balaban J connectivity index is 3.06. The van der Waals surface area contributed by atoms with Crippen LogP contribution in [0, 0.1) is 0 Å². The Hall–Kier alpha value is -0.370. The van der Waals surface area contributed by atoms with Crippen LogP contribution in [0.1, 0.15) is 71.1 Å². The lowest BCUT2D eigenvalue weighted by Gasteiger charge is -2.01. The molecule has 0 aliphatic heterocycles. The van der Waals surface area contributed by atoms with Crippen molar-refractivity contribution in [1.29, 1.82) is 0 Å². The molecular formula is C15H32NO+. The van der Waals surface area contributed by atoms with Crippen LogP contribution in [-0.4, -0.2) is 36.1 Å². The van der Waals surface area contributed by atoms with E-state index in [2.05, 4.69) is 11.5 Å². The zero-order valence-electron chi connectivity index (χ0n) is 12.0. The van der Waals surface area contributed by atoms with E-state index in [1.165, 1.54) is 64.2 Å². The second-order valence-corrected chi connectivity index (χ2v) is 5.03. The van der Waals surface area contributed by atoms with Gasteiger partial charge in [0, 0.05) is 6.42 Å². The number of aliphatic hydroxyl groups excluding tert-OH is 1. The van der Waals surface area contributed by atoms with Gasteiger partial charge in [0.15, 0.2) is 6.21 Å². The van der Waals surface area contributed by atoms with Crippen LogP contribution >= 0.6 is 0 Å². The lowest BCUT2D eigenvalue weighted by atomic mass is 10.1. The van der Waals surface area contributed by atoms with Crippen molar-refractivity contribution in [2.75, 3.05) is 20.2 Å². The van der Waals surface area contributed by atoms with Crippen LogP contribution in [0.2, 0.25) is 0 Å². The molecule has 0 rings (SSSR count). The molecule has 102 valence electrons. The highest BCUT2D eigenvalue weighted by Gasteiger charge is 1.96. The van der Waals surface area contributed by atoms with Gasteiger partial charge >= 0.3 is 0 Å². The number of unbranched alkanes of at least 4 members (excludes halogenated alkanes) is 9. The lowest BCUT2D eigenvalue weighted by Crippen LogP contribution is -2.10. The van der Waals surface area contributed by atoms with Crippen LogP contribution in [0.4, 0.5) is 0 Å². The SMILES string of the molecule is CCCCCCCCCCCC[N+](C)=CCO. The van der Waals surface area contributed by atoms with Crippen LogP contribution < -0.4 is 0 Å². The molecule has 0 fully saturated rings. The summed E-state index contributed by atoms with van der Waals surface area (Å²) in [6, 6.07) is 0. The molecule has 0 aliphatic carbocycles. The van der Waals surface area contributed by atoms with E-state index < -0.39 is 0 Å². The molecule has 17 heavy (non-hydrogen) atoms. The summed E-state index contributed by atoms with van der Waals surface area (Å²) in [5, 5.41) is 8.70. The van der Waals surface area contributed by atoms with Crippen LogP contribution in [0.25, 0.3) is 0 Å². The van der Waals surface area contributed by atoms with Crippen LogP contribution in [0.5, 0.6) is 0 Å². The van der Waals surface area contributed by atoms with E-state index in [0.29, 0.717) is 0 Å². The van der Waals surface area contributed by atoms with Crippen molar-refractivity contribution in [2.45, 2.75) is 71.1 Å². The molecule has 0 radical (unpaired) electrons. The van der Waals surface area contributed by atoms with Crippen molar-refractivity contribution < 1.29 is 9.68 Å². The molecule has 2 heteroatoms. The Morgan fingerprint density at radius 2 is 1.29 bits per heavy atom. The highest BCUT2D eigenvalue weighted by molar-refractivity contribution is 5.51. The minimum absolute atomic E-state index is 0.161. The fraction of sp³-hybridized carbons (Fsp3) is 0.933. The molecule has 1 N–H and O–H groups in total. The van der Waals surface area contributed by atoms with Crippen molar-refractivity contribution in [2.24, 2.45) is 0 Å². The Morgan fingerprint density at radius 1 is 0.824 bits per heavy atom. The summed E-state index contributed by atoms with van der Waals surface area (Å²) in [4.78, 5) is 0. The summed E-state index contributed by atoms with van der Waals surface area (Å²) in [5.41, 5.74) is 0. The van der Waals surface area contributed by atoms with Gasteiger partial charge in [-0.05, 0) is 6.42 Å². The van der Waals surface area contributed by atoms with Gasteiger partial charge in [-0.2, -0.15) is 0 Å². The summed E-state index contributed by atoms with van der Waals surface area (Å²) in [6.45, 7) is 3.51. The quantitative estimate of drug-likeness (QED) is 0.315. The van der Waals surface area contributed by atoms with Gasteiger partial charge in [-0.3, -0.25) is 0 Å². The molecule has 0 aliphatic rings. The van der Waals surface area contributed by atoms with Crippen molar-refractivity contribution in [3.05, 3.63) is 0 Å². The van der Waals surface area contributed by atoms with E-state index in [-0.39, 0.29) is 6.61 Å². The second-order valence-electron chi connectivity index (χ2n) is 5.03. The van der Waals surface area contributed by atoms with Crippen LogP contribution in [0.15, 0.2) is 0 Å². The fourth-order valence-electron chi connectivity index (χ4n) is 2.08. The van der Waals surface area contributed by atoms with Gasteiger partial charge in [0.1, 0.15) is 20.2 Å². The summed E-state index contributed by atoms with van der Waals surface area (Å²) in [5.74, 6) is 0. The third-order valence-corrected chi connectivity index (χ3v) is 3.26. The highest BCUT2D eigenvalue weighted by Crippen LogP contribution is 2.10. The van der Waals surface area contributed by atoms with Crippen molar-refractivity contribution in [3.8, 4) is 0 Å². The average molecular weight is 242 g/mol. The molecule has 0 heterocycles. The molecule has 0 atom stereocenters. The molecule has 0 amide bonds. The molecule has 0 aromatic carbocycles. The molecule has 0 aromatic heterocycles. The van der Waals surface area contributed by atoms with Gasteiger partial charge in [-0.25, -0.2) is 4.58 Å². The lowest BCUT2D eigenvalue weighted by molar-refractivity contribution is -0.494. The maximum absolute atomic E-state index is 8.70. The molecule has 0 bridgehead atoms. The first-order chi connectivity index (χ1) is 8.31. The minimum atomic E-state index is 0.161. The predicted octanol–water partition coefficient (Wildman–Crippen LogP) is 3.61. The Kier molecular flexibility index (Phi) is 13.4. The zero-order valence-corrected chi connectivity index (χ0v) is 12.0. The van der Waals surface area contributed by atoms with Gasteiger partial charge in [-0.1, -0.05) is 58.3 Å². The van der Waals surface area contributed by atoms with Gasteiger partial charge in [0.25, 0.3) is 0 Å². The van der Waals surface area contributed by atoms with Gasteiger partial charge in [0.05, 0.1) is 0 Å². The topological polar surface area (TPSA) is 23.2 Å². The molecule has 0 saturated carbocycles. The molecule has 0 unspecified atom stereocenters. The first-order valence-electron chi connectivity index (χ1n) is 7.45. The fourth-order valence-corrected chi connectivity index (χ4v) is 2.08. The third kappa shape index (κ3) is 13.6. The van der Waals surface area contributed by atoms with E-state index in [0.717, 1.165) is 6.54 Å². The summed E-state index contributed by atoms with van der Waals surface area (Å²) in [7, 11) is 2.03. The molecule has 0 saturated heterocycles. The predicted molar refractivity (Wildman–Crippen MR) is 76.0 cm³/mol. The zero-order chi connectivity index (χ0) is 12.8. The van der Waals surface area contributed by atoms with Gasteiger partial charge in [-0.15, -0.1) is 0 Å². The summed E-state index contributed by atoms with van der Waals surface area (Å²) >= 11 is 0. The number of hydrogen-bond donors (Lipinski definition) is 1. The van der Waals surface area contributed by atoms with Crippen molar-refractivity contribution >= 4 is 6.21 Å². The van der Waals surface area contributed by atoms with E-state index in [1.54, 1.807) is 0 Å². The third-order valence-electron chi connectivity index (χ3n) is 3.26. The molecular weight excluding hydrogens is 210 g/mol. The van der Waals surface area contributed by atoms with Gasteiger partial charge < -0.3 is 5.11 Å². The average Bonchev–Trinajstić information content (AvgIpc) is 2.32. The molecule has 0 aromatic rings. The van der Waals surface area contributed by atoms with Gasteiger partial charge in [0.2, 0.25) is 0 Å². The first-order valence-corrected chi connectivity index (χ1v) is 7.45. The standard InChI is InChI=1S/C15H32NO/c1-3-4-5-6-7-8-9-10-11-12-13-16(2)14-15-17/h14,17H,3-13,15H2,1-2H3/q+1. The maximum Gasteiger partial charge on any atom is 0.165 e. The smallest absolute Gasteiger partial charge is 0.165 e. The van der Waals surface area contributed by atoms with Crippen LogP contribution in [0.3, 0.4) is 0 Å². The van der Waals surface area contributed by atoms with Crippen molar-refractivity contribution in [1.82, 2.24) is 0 Å².